The van der Waals surface area contributed by atoms with E-state index in [9.17, 15) is 0 Å². The molecule has 1 heterocycles. The minimum Gasteiger partial charge on any atom is -0.497 e. The van der Waals surface area contributed by atoms with E-state index in [0.29, 0.717) is 6.04 Å². The summed E-state index contributed by atoms with van der Waals surface area (Å²) < 4.78 is 10.8. The normalized spacial score (nSPS) is 19.2. The van der Waals surface area contributed by atoms with E-state index < -0.39 is 0 Å². The summed E-state index contributed by atoms with van der Waals surface area (Å²) >= 11 is 0. The van der Waals surface area contributed by atoms with Crippen LogP contribution < -0.4 is 14.8 Å². The minimum atomic E-state index is 0.479. The van der Waals surface area contributed by atoms with Crippen LogP contribution in [0.2, 0.25) is 0 Å². The number of likely N-dealkylation sites (tertiary alicyclic amines) is 1. The number of rotatable bonds is 7. The average Bonchev–Trinajstić information content (AvgIpc) is 2.95. The lowest BCUT2D eigenvalue weighted by Gasteiger charge is -2.26. The maximum absolute atomic E-state index is 5.56. The van der Waals surface area contributed by atoms with E-state index in [4.69, 9.17) is 9.47 Å². The van der Waals surface area contributed by atoms with E-state index in [0.717, 1.165) is 24.6 Å². The number of methoxy groups -OCH3 is 2. The number of hydrogen-bond acceptors (Lipinski definition) is 4. The van der Waals surface area contributed by atoms with Crippen molar-refractivity contribution in [2.24, 2.45) is 0 Å². The van der Waals surface area contributed by atoms with Gasteiger partial charge in [-0.1, -0.05) is 6.07 Å². The van der Waals surface area contributed by atoms with Crippen molar-refractivity contribution in [3.63, 3.8) is 0 Å². The quantitative estimate of drug-likeness (QED) is 0.777. The van der Waals surface area contributed by atoms with Crippen LogP contribution in [0.25, 0.3) is 0 Å². The summed E-state index contributed by atoms with van der Waals surface area (Å²) in [6.45, 7) is 3.40. The van der Waals surface area contributed by atoms with E-state index in [1.165, 1.54) is 31.4 Å². The Kier molecular flexibility index (Phi) is 5.68. The molecule has 0 spiro atoms. The molecule has 20 heavy (non-hydrogen) atoms. The molecule has 0 aromatic heterocycles. The van der Waals surface area contributed by atoms with Gasteiger partial charge in [-0.25, -0.2) is 0 Å². The highest BCUT2D eigenvalue weighted by Gasteiger charge is 2.27. The summed E-state index contributed by atoms with van der Waals surface area (Å²) in [5.74, 6) is 1.79. The zero-order chi connectivity index (χ0) is 14.4. The first kappa shape index (κ1) is 15.1. The Balaban J connectivity index is 2.12. The molecule has 1 aromatic rings. The molecule has 4 nitrogen and oxygen atoms in total. The minimum absolute atomic E-state index is 0.479. The van der Waals surface area contributed by atoms with Crippen molar-refractivity contribution in [2.75, 3.05) is 40.9 Å². The highest BCUT2D eigenvalue weighted by Crippen LogP contribution is 2.38. The highest BCUT2D eigenvalue weighted by molar-refractivity contribution is 5.42. The highest BCUT2D eigenvalue weighted by atomic mass is 16.5. The van der Waals surface area contributed by atoms with Crippen LogP contribution in [-0.4, -0.2) is 45.8 Å². The van der Waals surface area contributed by atoms with Gasteiger partial charge >= 0.3 is 0 Å². The lowest BCUT2D eigenvalue weighted by atomic mass is 10.0. The summed E-state index contributed by atoms with van der Waals surface area (Å²) in [6, 6.07) is 6.65. The van der Waals surface area contributed by atoms with E-state index in [1.807, 2.05) is 19.2 Å². The van der Waals surface area contributed by atoms with Gasteiger partial charge in [0.15, 0.2) is 0 Å². The van der Waals surface area contributed by atoms with Gasteiger partial charge < -0.3 is 14.8 Å². The van der Waals surface area contributed by atoms with E-state index in [2.05, 4.69) is 16.3 Å². The second-order valence-electron chi connectivity index (χ2n) is 5.26. The van der Waals surface area contributed by atoms with Gasteiger partial charge in [0.2, 0.25) is 0 Å². The Hall–Kier alpha value is -1.26. The Morgan fingerprint density at radius 1 is 1.30 bits per heavy atom. The summed E-state index contributed by atoms with van der Waals surface area (Å²) in [6.07, 6.45) is 3.66. The Labute approximate surface area is 122 Å². The molecule has 1 aliphatic rings. The molecular formula is C16H26N2O2. The standard InChI is InChI=1S/C16H26N2O2/c1-17-9-5-11-18-10-4-6-15(18)14-8-7-13(19-2)12-16(14)20-3/h7-8,12,15,17H,4-6,9-11H2,1-3H3. The molecule has 4 heteroatoms. The van der Waals surface area contributed by atoms with Crippen molar-refractivity contribution in [2.45, 2.75) is 25.3 Å². The number of nitrogens with one attached hydrogen (secondary N) is 1. The third-order valence-corrected chi connectivity index (χ3v) is 4.04. The third-order valence-electron chi connectivity index (χ3n) is 4.04. The summed E-state index contributed by atoms with van der Waals surface area (Å²) in [7, 11) is 5.43. The largest absolute Gasteiger partial charge is 0.497 e. The van der Waals surface area contributed by atoms with Crippen molar-refractivity contribution in [3.8, 4) is 11.5 Å². The van der Waals surface area contributed by atoms with Gasteiger partial charge in [-0.15, -0.1) is 0 Å². The first-order valence-corrected chi connectivity index (χ1v) is 7.40. The maximum Gasteiger partial charge on any atom is 0.127 e. The van der Waals surface area contributed by atoms with Crippen LogP contribution in [0.3, 0.4) is 0 Å². The molecule has 0 radical (unpaired) electrons. The van der Waals surface area contributed by atoms with Crippen molar-refractivity contribution in [1.82, 2.24) is 10.2 Å². The first-order chi connectivity index (χ1) is 9.80. The molecule has 1 aromatic carbocycles. The third kappa shape index (κ3) is 3.44. The van der Waals surface area contributed by atoms with Crippen molar-refractivity contribution >= 4 is 0 Å². The topological polar surface area (TPSA) is 33.7 Å². The van der Waals surface area contributed by atoms with Gasteiger partial charge in [0, 0.05) is 17.7 Å². The molecule has 0 amide bonds. The molecule has 2 rings (SSSR count). The maximum atomic E-state index is 5.56. The zero-order valence-corrected chi connectivity index (χ0v) is 12.8. The molecule has 1 atom stereocenters. The lowest BCUT2D eigenvalue weighted by molar-refractivity contribution is 0.248. The van der Waals surface area contributed by atoms with Crippen LogP contribution in [-0.2, 0) is 0 Å². The predicted octanol–water partition coefficient (Wildman–Crippen LogP) is 2.45. The van der Waals surface area contributed by atoms with Crippen LogP contribution in [0.1, 0.15) is 30.9 Å². The fourth-order valence-electron chi connectivity index (χ4n) is 3.00. The predicted molar refractivity (Wildman–Crippen MR) is 81.6 cm³/mol. The van der Waals surface area contributed by atoms with Gasteiger partial charge in [-0.05, 0) is 52.0 Å². The van der Waals surface area contributed by atoms with Crippen molar-refractivity contribution in [1.29, 1.82) is 0 Å². The van der Waals surface area contributed by atoms with Crippen molar-refractivity contribution < 1.29 is 9.47 Å². The van der Waals surface area contributed by atoms with Crippen LogP contribution in [0.5, 0.6) is 11.5 Å². The smallest absolute Gasteiger partial charge is 0.127 e. The van der Waals surface area contributed by atoms with Gasteiger partial charge in [0.1, 0.15) is 11.5 Å². The molecule has 1 aliphatic heterocycles. The molecule has 1 saturated heterocycles. The van der Waals surface area contributed by atoms with Gasteiger partial charge in [0.25, 0.3) is 0 Å². The van der Waals surface area contributed by atoms with Crippen LogP contribution >= 0.6 is 0 Å². The van der Waals surface area contributed by atoms with E-state index >= 15 is 0 Å². The monoisotopic (exact) mass is 278 g/mol. The molecule has 0 saturated carbocycles. The molecule has 112 valence electrons. The molecular weight excluding hydrogens is 252 g/mol. The lowest BCUT2D eigenvalue weighted by Crippen LogP contribution is -2.26. The summed E-state index contributed by atoms with van der Waals surface area (Å²) in [4.78, 5) is 2.57. The molecule has 0 aliphatic carbocycles. The fourth-order valence-corrected chi connectivity index (χ4v) is 3.00. The molecule has 1 fully saturated rings. The fraction of sp³-hybridized carbons (Fsp3) is 0.625. The first-order valence-electron chi connectivity index (χ1n) is 7.40. The van der Waals surface area contributed by atoms with Crippen LogP contribution in [0.15, 0.2) is 18.2 Å². The molecule has 1 N–H and O–H groups in total. The van der Waals surface area contributed by atoms with Crippen LogP contribution in [0.4, 0.5) is 0 Å². The molecule has 0 bridgehead atoms. The summed E-state index contributed by atoms with van der Waals surface area (Å²) in [5.41, 5.74) is 1.29. The number of hydrogen-bond donors (Lipinski definition) is 1. The van der Waals surface area contributed by atoms with Gasteiger partial charge in [-0.2, -0.15) is 0 Å². The van der Waals surface area contributed by atoms with E-state index in [-0.39, 0.29) is 0 Å². The Morgan fingerprint density at radius 3 is 2.85 bits per heavy atom. The average molecular weight is 278 g/mol. The second kappa shape index (κ2) is 7.50. The Bertz CT molecular complexity index is 423. The zero-order valence-electron chi connectivity index (χ0n) is 12.8. The summed E-state index contributed by atoms with van der Waals surface area (Å²) in [5, 5.41) is 3.22. The number of benzene rings is 1. The Morgan fingerprint density at radius 2 is 2.15 bits per heavy atom. The van der Waals surface area contributed by atoms with Gasteiger partial charge in [0.05, 0.1) is 14.2 Å². The van der Waals surface area contributed by atoms with Gasteiger partial charge in [-0.3, -0.25) is 4.90 Å². The number of nitrogens with zero attached hydrogens (tertiary/aromatic N) is 1. The SMILES string of the molecule is CNCCCN1CCCC1c1ccc(OC)cc1OC. The molecule has 1 unspecified atom stereocenters. The second-order valence-corrected chi connectivity index (χ2v) is 5.26. The van der Waals surface area contributed by atoms with E-state index in [1.54, 1.807) is 14.2 Å². The van der Waals surface area contributed by atoms with Crippen molar-refractivity contribution in [3.05, 3.63) is 23.8 Å². The number of ether oxygens (including phenoxy) is 2. The van der Waals surface area contributed by atoms with Crippen LogP contribution in [0, 0.1) is 0 Å².